The molecular formula is C6H11N3. The van der Waals surface area contributed by atoms with E-state index in [1.807, 2.05) is 0 Å². The van der Waals surface area contributed by atoms with Gasteiger partial charge in [0, 0.05) is 32.1 Å². The van der Waals surface area contributed by atoms with Crippen LogP contribution in [-0.4, -0.2) is 30.6 Å². The molecule has 2 atom stereocenters. The van der Waals surface area contributed by atoms with Gasteiger partial charge in [-0.05, 0) is 0 Å². The van der Waals surface area contributed by atoms with E-state index in [0.717, 1.165) is 19.6 Å². The van der Waals surface area contributed by atoms with Crippen molar-refractivity contribution in [2.45, 2.75) is 12.5 Å². The lowest BCUT2D eigenvalue weighted by Gasteiger charge is -1.94. The zero-order valence-corrected chi connectivity index (χ0v) is 5.38. The van der Waals surface area contributed by atoms with Crippen LogP contribution in [0.1, 0.15) is 6.42 Å². The van der Waals surface area contributed by atoms with E-state index in [1.54, 1.807) is 0 Å². The highest BCUT2D eigenvalue weighted by molar-refractivity contribution is 4.91. The summed E-state index contributed by atoms with van der Waals surface area (Å²) < 4.78 is 0. The average molecular weight is 125 g/mol. The van der Waals surface area contributed by atoms with Gasteiger partial charge in [-0.1, -0.05) is 0 Å². The summed E-state index contributed by atoms with van der Waals surface area (Å²) in [6, 6.07) is 2.68. The average Bonchev–Trinajstić information content (AvgIpc) is 2.62. The molecule has 9 heavy (non-hydrogen) atoms. The van der Waals surface area contributed by atoms with Gasteiger partial charge in [-0.15, -0.1) is 0 Å². The third kappa shape index (κ3) is 1.67. The molecule has 2 N–H and O–H groups in total. The van der Waals surface area contributed by atoms with Gasteiger partial charge in [-0.3, -0.25) is 4.90 Å². The van der Waals surface area contributed by atoms with Gasteiger partial charge in [0.25, 0.3) is 0 Å². The van der Waals surface area contributed by atoms with Gasteiger partial charge in [0.1, 0.15) is 0 Å². The molecule has 0 aliphatic carbocycles. The molecule has 3 nitrogen and oxygen atoms in total. The van der Waals surface area contributed by atoms with E-state index in [-0.39, 0.29) is 0 Å². The lowest BCUT2D eigenvalue weighted by molar-refractivity contribution is 0.518. The molecule has 1 rings (SSSR count). The van der Waals surface area contributed by atoms with Crippen molar-refractivity contribution in [1.29, 1.82) is 5.26 Å². The Hall–Kier alpha value is -0.590. The Labute approximate surface area is 55.1 Å². The number of nitrogens with zero attached hydrogens (tertiary/aromatic N) is 2. The monoisotopic (exact) mass is 125 g/mol. The first-order chi connectivity index (χ1) is 4.38. The molecule has 3 heteroatoms. The number of nitriles is 1. The van der Waals surface area contributed by atoms with Crippen LogP contribution >= 0.6 is 0 Å². The second kappa shape index (κ2) is 2.81. The normalized spacial score (nSPS) is 31.6. The summed E-state index contributed by atoms with van der Waals surface area (Å²) >= 11 is 0. The Balaban J connectivity index is 2.00. The lowest BCUT2D eigenvalue weighted by Crippen LogP contribution is -2.13. The molecule has 0 saturated carbocycles. The zero-order chi connectivity index (χ0) is 6.69. The van der Waals surface area contributed by atoms with Crippen molar-refractivity contribution in [3.8, 4) is 6.07 Å². The molecule has 1 fully saturated rings. The van der Waals surface area contributed by atoms with Gasteiger partial charge in [0.2, 0.25) is 0 Å². The smallest absolute Gasteiger partial charge is 0.0635 e. The molecule has 50 valence electrons. The molecular weight excluding hydrogens is 114 g/mol. The molecule has 1 heterocycles. The molecule has 0 spiro atoms. The Morgan fingerprint density at radius 1 is 1.78 bits per heavy atom. The van der Waals surface area contributed by atoms with Gasteiger partial charge < -0.3 is 5.73 Å². The van der Waals surface area contributed by atoms with Crippen LogP contribution in [0.25, 0.3) is 0 Å². The summed E-state index contributed by atoms with van der Waals surface area (Å²) in [5.74, 6) is 0. The number of hydrogen-bond donors (Lipinski definition) is 1. The summed E-state index contributed by atoms with van der Waals surface area (Å²) in [4.78, 5) is 2.21. The molecule has 0 aromatic rings. The number of rotatable bonds is 3. The second-order valence-electron chi connectivity index (χ2n) is 2.29. The van der Waals surface area contributed by atoms with E-state index < -0.39 is 0 Å². The van der Waals surface area contributed by atoms with Crippen LogP contribution in [0, 0.1) is 11.3 Å². The van der Waals surface area contributed by atoms with E-state index in [9.17, 15) is 0 Å². The van der Waals surface area contributed by atoms with Gasteiger partial charge in [0.05, 0.1) is 6.07 Å². The standard InChI is InChI=1S/C6H11N3/c7-2-1-3-9-5-6(9)4-8/h6H,1,3-5,8H2. The van der Waals surface area contributed by atoms with Crippen molar-refractivity contribution in [1.82, 2.24) is 4.90 Å². The maximum absolute atomic E-state index is 8.19. The van der Waals surface area contributed by atoms with Gasteiger partial charge in [-0.2, -0.15) is 5.26 Å². The summed E-state index contributed by atoms with van der Waals surface area (Å²) in [7, 11) is 0. The molecule has 0 aromatic heterocycles. The molecule has 0 amide bonds. The van der Waals surface area contributed by atoms with Crippen LogP contribution in [0.5, 0.6) is 0 Å². The Kier molecular flexibility index (Phi) is 2.04. The van der Waals surface area contributed by atoms with Gasteiger partial charge >= 0.3 is 0 Å². The van der Waals surface area contributed by atoms with Gasteiger partial charge in [0.15, 0.2) is 0 Å². The number of nitrogens with two attached hydrogens (primary N) is 1. The van der Waals surface area contributed by atoms with Crippen LogP contribution in [0.3, 0.4) is 0 Å². The van der Waals surface area contributed by atoms with E-state index in [2.05, 4.69) is 11.0 Å². The highest BCUT2D eigenvalue weighted by Crippen LogP contribution is 2.14. The second-order valence-corrected chi connectivity index (χ2v) is 2.29. The van der Waals surface area contributed by atoms with E-state index in [0.29, 0.717) is 12.5 Å². The topological polar surface area (TPSA) is 52.8 Å². The summed E-state index contributed by atoms with van der Waals surface area (Å²) in [6.45, 7) is 2.74. The first-order valence-electron chi connectivity index (χ1n) is 3.19. The predicted octanol–water partition coefficient (Wildman–Crippen LogP) is -0.457. The molecule has 0 bridgehead atoms. The fourth-order valence-electron chi connectivity index (χ4n) is 0.915. The van der Waals surface area contributed by atoms with Crippen LogP contribution in [0.15, 0.2) is 0 Å². The van der Waals surface area contributed by atoms with E-state index in [1.165, 1.54) is 0 Å². The highest BCUT2D eigenvalue weighted by atomic mass is 15.3. The molecule has 0 aromatic carbocycles. The summed E-state index contributed by atoms with van der Waals surface area (Å²) in [6.07, 6.45) is 0.635. The van der Waals surface area contributed by atoms with Crippen LogP contribution < -0.4 is 5.73 Å². The fourth-order valence-corrected chi connectivity index (χ4v) is 0.915. The zero-order valence-electron chi connectivity index (χ0n) is 5.38. The first-order valence-corrected chi connectivity index (χ1v) is 3.19. The minimum Gasteiger partial charge on any atom is -0.329 e. The van der Waals surface area contributed by atoms with Gasteiger partial charge in [-0.25, -0.2) is 0 Å². The highest BCUT2D eigenvalue weighted by Gasteiger charge is 2.30. The van der Waals surface area contributed by atoms with Crippen LogP contribution in [-0.2, 0) is 0 Å². The first kappa shape index (κ1) is 6.53. The largest absolute Gasteiger partial charge is 0.329 e. The lowest BCUT2D eigenvalue weighted by atomic mass is 10.4. The molecule has 2 unspecified atom stereocenters. The van der Waals surface area contributed by atoms with Crippen LogP contribution in [0.2, 0.25) is 0 Å². The minimum absolute atomic E-state index is 0.582. The molecule has 1 saturated heterocycles. The van der Waals surface area contributed by atoms with Crippen molar-refractivity contribution in [3.05, 3.63) is 0 Å². The van der Waals surface area contributed by atoms with E-state index in [4.69, 9.17) is 11.0 Å². The maximum atomic E-state index is 8.19. The predicted molar refractivity (Wildman–Crippen MR) is 34.6 cm³/mol. The van der Waals surface area contributed by atoms with E-state index >= 15 is 0 Å². The molecule has 0 radical (unpaired) electrons. The van der Waals surface area contributed by atoms with Crippen molar-refractivity contribution in [3.63, 3.8) is 0 Å². The molecule has 1 aliphatic rings. The maximum Gasteiger partial charge on any atom is 0.0635 e. The quantitative estimate of drug-likeness (QED) is 0.519. The Bertz CT molecular complexity index is 127. The third-order valence-corrected chi connectivity index (χ3v) is 1.61. The molecule has 1 aliphatic heterocycles. The van der Waals surface area contributed by atoms with Crippen molar-refractivity contribution < 1.29 is 0 Å². The fraction of sp³-hybridized carbons (Fsp3) is 0.833. The summed E-state index contributed by atoms with van der Waals surface area (Å²) in [5.41, 5.74) is 5.37. The number of hydrogen-bond acceptors (Lipinski definition) is 3. The van der Waals surface area contributed by atoms with Crippen molar-refractivity contribution >= 4 is 0 Å². The van der Waals surface area contributed by atoms with Crippen molar-refractivity contribution in [2.24, 2.45) is 5.73 Å². The SMILES string of the molecule is N#CCCN1CC1CN. The third-order valence-electron chi connectivity index (χ3n) is 1.61. The summed E-state index contributed by atoms with van der Waals surface area (Å²) in [5, 5.41) is 8.19. The van der Waals surface area contributed by atoms with Crippen LogP contribution in [0.4, 0.5) is 0 Å². The minimum atomic E-state index is 0.582. The van der Waals surface area contributed by atoms with Crippen molar-refractivity contribution in [2.75, 3.05) is 19.6 Å². The Morgan fingerprint density at radius 2 is 2.56 bits per heavy atom. The Morgan fingerprint density at radius 3 is 3.00 bits per heavy atom.